The van der Waals surface area contributed by atoms with Crippen molar-refractivity contribution < 1.29 is 18.1 Å². The van der Waals surface area contributed by atoms with Crippen molar-refractivity contribution in [1.29, 1.82) is 0 Å². The lowest BCUT2D eigenvalue weighted by atomic mass is 9.86. The van der Waals surface area contributed by atoms with E-state index in [-0.39, 0.29) is 5.82 Å². The summed E-state index contributed by atoms with van der Waals surface area (Å²) < 4.78 is 30.9. The SMILES string of the molecule is CC1(C)OB(c2ccc(-c3cccc(F)c3)o2)OC1(C)C. The maximum atomic E-state index is 13.3. The lowest BCUT2D eigenvalue weighted by molar-refractivity contribution is 0.00578. The van der Waals surface area contributed by atoms with Crippen molar-refractivity contribution in [2.75, 3.05) is 0 Å². The van der Waals surface area contributed by atoms with Gasteiger partial charge in [-0.25, -0.2) is 4.39 Å². The van der Waals surface area contributed by atoms with Crippen molar-refractivity contribution in [3.63, 3.8) is 0 Å². The summed E-state index contributed by atoms with van der Waals surface area (Å²) >= 11 is 0. The van der Waals surface area contributed by atoms with Crippen molar-refractivity contribution in [3.8, 4) is 11.3 Å². The molecule has 2 aromatic rings. The maximum absolute atomic E-state index is 13.3. The van der Waals surface area contributed by atoms with Gasteiger partial charge in [0.05, 0.1) is 11.2 Å². The van der Waals surface area contributed by atoms with Crippen LogP contribution >= 0.6 is 0 Å². The Labute approximate surface area is 124 Å². The summed E-state index contributed by atoms with van der Waals surface area (Å²) in [6.07, 6.45) is 0. The second-order valence-corrected chi connectivity index (χ2v) is 6.30. The van der Waals surface area contributed by atoms with Gasteiger partial charge in [0.15, 0.2) is 0 Å². The van der Waals surface area contributed by atoms with Crippen LogP contribution in [0, 0.1) is 5.82 Å². The lowest BCUT2D eigenvalue weighted by Crippen LogP contribution is -2.41. The second-order valence-electron chi connectivity index (χ2n) is 6.30. The zero-order valence-corrected chi connectivity index (χ0v) is 12.6. The highest BCUT2D eigenvalue weighted by molar-refractivity contribution is 6.60. The van der Waals surface area contributed by atoms with Crippen LogP contribution in [0.25, 0.3) is 11.3 Å². The molecule has 1 saturated heterocycles. The van der Waals surface area contributed by atoms with E-state index >= 15 is 0 Å². The van der Waals surface area contributed by atoms with Crippen LogP contribution in [0.15, 0.2) is 40.8 Å². The van der Waals surface area contributed by atoms with Crippen LogP contribution in [-0.2, 0) is 9.31 Å². The minimum absolute atomic E-state index is 0.291. The third-order valence-corrected chi connectivity index (χ3v) is 4.22. The van der Waals surface area contributed by atoms with E-state index < -0.39 is 18.3 Å². The van der Waals surface area contributed by atoms with Gasteiger partial charge in [0.2, 0.25) is 0 Å². The molecule has 21 heavy (non-hydrogen) atoms. The van der Waals surface area contributed by atoms with Crippen LogP contribution < -0.4 is 5.66 Å². The number of benzene rings is 1. The summed E-state index contributed by atoms with van der Waals surface area (Å²) in [6, 6.07) is 9.91. The predicted octanol–water partition coefficient (Wildman–Crippen LogP) is 3.38. The van der Waals surface area contributed by atoms with Crippen LogP contribution in [0.4, 0.5) is 4.39 Å². The molecule has 2 heterocycles. The van der Waals surface area contributed by atoms with Gasteiger partial charge >= 0.3 is 7.12 Å². The fourth-order valence-corrected chi connectivity index (χ4v) is 2.24. The summed E-state index contributed by atoms with van der Waals surface area (Å²) in [4.78, 5) is 0. The molecule has 1 aromatic heterocycles. The third kappa shape index (κ3) is 2.52. The average molecular weight is 288 g/mol. The van der Waals surface area contributed by atoms with E-state index in [9.17, 15) is 4.39 Å². The van der Waals surface area contributed by atoms with E-state index in [0.29, 0.717) is 17.0 Å². The van der Waals surface area contributed by atoms with Crippen LogP contribution in [0.5, 0.6) is 0 Å². The molecule has 0 spiro atoms. The molecular weight excluding hydrogens is 270 g/mol. The molecule has 0 amide bonds. The van der Waals surface area contributed by atoms with Crippen LogP contribution in [0.3, 0.4) is 0 Å². The number of hydrogen-bond donors (Lipinski definition) is 0. The number of rotatable bonds is 2. The molecule has 0 N–H and O–H groups in total. The molecular formula is C16H18BFO3. The molecule has 1 aliphatic rings. The quantitative estimate of drug-likeness (QED) is 0.794. The highest BCUT2D eigenvalue weighted by Gasteiger charge is 2.53. The molecule has 1 fully saturated rings. The first-order valence-corrected chi connectivity index (χ1v) is 7.00. The molecule has 0 radical (unpaired) electrons. The lowest BCUT2D eigenvalue weighted by Gasteiger charge is -2.32. The van der Waals surface area contributed by atoms with Crippen LogP contribution in [-0.4, -0.2) is 18.3 Å². The normalized spacial score (nSPS) is 20.0. The average Bonchev–Trinajstić information content (AvgIpc) is 2.93. The Morgan fingerprint density at radius 1 is 0.952 bits per heavy atom. The summed E-state index contributed by atoms with van der Waals surface area (Å²) in [5, 5.41) is 0. The third-order valence-electron chi connectivity index (χ3n) is 4.22. The monoisotopic (exact) mass is 288 g/mol. The van der Waals surface area contributed by atoms with Gasteiger partial charge in [0.1, 0.15) is 17.2 Å². The van der Waals surface area contributed by atoms with E-state index in [0.717, 1.165) is 0 Å². The number of hydrogen-bond acceptors (Lipinski definition) is 3. The standard InChI is InChI=1S/C16H18BFO3/c1-15(2)16(3,4)21-17(20-15)14-9-8-13(19-14)11-6-5-7-12(18)10-11/h5-10H,1-4H3. The Balaban J connectivity index is 1.87. The second kappa shape index (κ2) is 4.72. The van der Waals surface area contributed by atoms with Gasteiger partial charge in [-0.05, 0) is 52.0 Å². The Hall–Kier alpha value is -1.59. The first kappa shape index (κ1) is 14.4. The van der Waals surface area contributed by atoms with E-state index in [1.54, 1.807) is 18.2 Å². The highest BCUT2D eigenvalue weighted by Crippen LogP contribution is 2.36. The fourth-order valence-electron chi connectivity index (χ4n) is 2.24. The van der Waals surface area contributed by atoms with E-state index in [4.69, 9.17) is 13.7 Å². The molecule has 110 valence electrons. The minimum atomic E-state index is -0.544. The zero-order chi connectivity index (χ0) is 15.3. The predicted molar refractivity (Wildman–Crippen MR) is 79.8 cm³/mol. The van der Waals surface area contributed by atoms with Crippen molar-refractivity contribution >= 4 is 12.8 Å². The molecule has 0 saturated carbocycles. The Kier molecular flexibility index (Phi) is 3.22. The summed E-state index contributed by atoms with van der Waals surface area (Å²) in [7, 11) is -0.544. The Morgan fingerprint density at radius 3 is 2.24 bits per heavy atom. The van der Waals surface area contributed by atoms with Crippen molar-refractivity contribution in [2.24, 2.45) is 0 Å². The van der Waals surface area contributed by atoms with Gasteiger partial charge in [-0.2, -0.15) is 0 Å². The number of halogens is 1. The van der Waals surface area contributed by atoms with Crippen LogP contribution in [0.1, 0.15) is 27.7 Å². The van der Waals surface area contributed by atoms with Crippen LogP contribution in [0.2, 0.25) is 0 Å². The molecule has 1 aliphatic heterocycles. The fraction of sp³-hybridized carbons (Fsp3) is 0.375. The molecule has 3 nitrogen and oxygen atoms in total. The van der Waals surface area contributed by atoms with Crippen molar-refractivity contribution in [3.05, 3.63) is 42.2 Å². The molecule has 0 bridgehead atoms. The van der Waals surface area contributed by atoms with Gasteiger partial charge in [-0.15, -0.1) is 0 Å². The Bertz CT molecular complexity index is 647. The van der Waals surface area contributed by atoms with Gasteiger partial charge < -0.3 is 13.7 Å². The van der Waals surface area contributed by atoms with E-state index in [2.05, 4.69) is 0 Å². The van der Waals surface area contributed by atoms with Gasteiger partial charge in [0.25, 0.3) is 0 Å². The zero-order valence-electron chi connectivity index (χ0n) is 12.6. The van der Waals surface area contributed by atoms with Crippen molar-refractivity contribution in [2.45, 2.75) is 38.9 Å². The first-order chi connectivity index (χ1) is 9.78. The topological polar surface area (TPSA) is 31.6 Å². The molecule has 0 aliphatic carbocycles. The molecule has 1 aromatic carbocycles. The molecule has 5 heteroatoms. The van der Waals surface area contributed by atoms with Gasteiger partial charge in [-0.1, -0.05) is 12.1 Å². The van der Waals surface area contributed by atoms with E-state index in [1.165, 1.54) is 12.1 Å². The Morgan fingerprint density at radius 2 is 1.62 bits per heavy atom. The molecule has 3 rings (SSSR count). The van der Waals surface area contributed by atoms with E-state index in [1.807, 2.05) is 33.8 Å². The largest absolute Gasteiger partial charge is 0.532 e. The molecule has 0 unspecified atom stereocenters. The summed E-state index contributed by atoms with van der Waals surface area (Å²) in [5.74, 6) is 0.306. The number of furan rings is 1. The highest BCUT2D eigenvalue weighted by atomic mass is 19.1. The van der Waals surface area contributed by atoms with Crippen molar-refractivity contribution in [1.82, 2.24) is 0 Å². The molecule has 0 atom stereocenters. The summed E-state index contributed by atoms with van der Waals surface area (Å²) in [6.45, 7) is 7.96. The summed E-state index contributed by atoms with van der Waals surface area (Å²) in [5.41, 5.74) is 0.457. The first-order valence-electron chi connectivity index (χ1n) is 7.00. The van der Waals surface area contributed by atoms with Gasteiger partial charge in [0, 0.05) is 5.56 Å². The maximum Gasteiger partial charge on any atom is 0.532 e. The minimum Gasteiger partial charge on any atom is -0.465 e. The smallest absolute Gasteiger partial charge is 0.465 e. The van der Waals surface area contributed by atoms with Gasteiger partial charge in [-0.3, -0.25) is 0 Å².